The van der Waals surface area contributed by atoms with Crippen LogP contribution in [0, 0.1) is 18.2 Å². The van der Waals surface area contributed by atoms with E-state index in [1.807, 2.05) is 0 Å². The molecule has 0 unspecified atom stereocenters. The molecule has 0 atom stereocenters. The van der Waals surface area contributed by atoms with Crippen molar-refractivity contribution in [1.82, 2.24) is 0 Å². The first-order valence-corrected chi connectivity index (χ1v) is 7.46. The molecular weight excluding hydrogens is 310 g/mol. The van der Waals surface area contributed by atoms with Crippen molar-refractivity contribution in [2.75, 3.05) is 11.9 Å². The molecule has 116 valence electrons. The molecule has 1 aromatic rings. The summed E-state index contributed by atoms with van der Waals surface area (Å²) >= 11 is 0. The standard InChI is InChI=1S/C13H13F4NO2S/c1-2-3-4-5-8-18-11-7-6-10(14)9-12(11)21(19,20)13(15,16)17/h1,6-7,9,18H,3-5,8H2. The molecule has 0 aliphatic carbocycles. The molecule has 0 aliphatic heterocycles. The summed E-state index contributed by atoms with van der Waals surface area (Å²) in [4.78, 5) is -1.12. The number of terminal acetylenes is 1. The van der Waals surface area contributed by atoms with E-state index < -0.39 is 26.1 Å². The Balaban J connectivity index is 2.99. The Morgan fingerprint density at radius 2 is 1.90 bits per heavy atom. The molecular formula is C13H13F4NO2S. The van der Waals surface area contributed by atoms with Gasteiger partial charge in [-0.1, -0.05) is 0 Å². The fraction of sp³-hybridized carbons (Fsp3) is 0.385. The van der Waals surface area contributed by atoms with Gasteiger partial charge in [0.15, 0.2) is 0 Å². The predicted octanol–water partition coefficient (Wildman–Crippen LogP) is 3.33. The topological polar surface area (TPSA) is 46.2 Å². The van der Waals surface area contributed by atoms with Crippen molar-refractivity contribution in [3.05, 3.63) is 24.0 Å². The van der Waals surface area contributed by atoms with Gasteiger partial charge in [-0.3, -0.25) is 0 Å². The highest BCUT2D eigenvalue weighted by Gasteiger charge is 2.48. The van der Waals surface area contributed by atoms with Crippen molar-refractivity contribution in [3.8, 4) is 12.3 Å². The Morgan fingerprint density at radius 3 is 2.48 bits per heavy atom. The fourth-order valence-electron chi connectivity index (χ4n) is 1.56. The van der Waals surface area contributed by atoms with Crippen LogP contribution in [0.5, 0.6) is 0 Å². The predicted molar refractivity (Wildman–Crippen MR) is 70.8 cm³/mol. The third-order valence-electron chi connectivity index (χ3n) is 2.60. The minimum atomic E-state index is -5.61. The van der Waals surface area contributed by atoms with Crippen LogP contribution in [-0.2, 0) is 9.84 Å². The Kier molecular flexibility index (Phi) is 5.61. The average molecular weight is 323 g/mol. The Bertz CT molecular complexity index is 633. The van der Waals surface area contributed by atoms with Crippen LogP contribution in [0.15, 0.2) is 23.1 Å². The second-order valence-electron chi connectivity index (χ2n) is 4.18. The molecule has 0 fully saturated rings. The number of benzene rings is 1. The van der Waals surface area contributed by atoms with Gasteiger partial charge in [0, 0.05) is 13.0 Å². The van der Waals surface area contributed by atoms with E-state index in [0.29, 0.717) is 25.3 Å². The number of alkyl halides is 3. The molecule has 1 N–H and O–H groups in total. The number of hydrogen-bond donors (Lipinski definition) is 1. The monoisotopic (exact) mass is 323 g/mol. The molecule has 0 spiro atoms. The lowest BCUT2D eigenvalue weighted by Crippen LogP contribution is -2.24. The number of halogens is 4. The van der Waals surface area contributed by atoms with Crippen molar-refractivity contribution in [2.24, 2.45) is 0 Å². The van der Waals surface area contributed by atoms with Crippen LogP contribution >= 0.6 is 0 Å². The van der Waals surface area contributed by atoms with Crippen LogP contribution in [0.1, 0.15) is 19.3 Å². The number of nitrogens with one attached hydrogen (secondary N) is 1. The average Bonchev–Trinajstić information content (AvgIpc) is 2.38. The van der Waals surface area contributed by atoms with Gasteiger partial charge in [-0.15, -0.1) is 12.3 Å². The van der Waals surface area contributed by atoms with Crippen LogP contribution < -0.4 is 5.32 Å². The van der Waals surface area contributed by atoms with Gasteiger partial charge in [0.1, 0.15) is 10.7 Å². The minimum Gasteiger partial charge on any atom is -0.384 e. The zero-order valence-electron chi connectivity index (χ0n) is 10.9. The van der Waals surface area contributed by atoms with Gasteiger partial charge in [0.25, 0.3) is 9.84 Å². The van der Waals surface area contributed by atoms with E-state index in [4.69, 9.17) is 6.42 Å². The maximum Gasteiger partial charge on any atom is 0.501 e. The van der Waals surface area contributed by atoms with E-state index in [1.54, 1.807) is 0 Å². The molecule has 0 heterocycles. The summed E-state index contributed by atoms with van der Waals surface area (Å²) in [5.41, 5.74) is -5.77. The maximum atomic E-state index is 13.1. The lowest BCUT2D eigenvalue weighted by atomic mass is 10.2. The Labute approximate surface area is 120 Å². The van der Waals surface area contributed by atoms with Crippen molar-refractivity contribution in [1.29, 1.82) is 0 Å². The number of sulfone groups is 1. The zero-order valence-corrected chi connectivity index (χ0v) is 11.7. The third kappa shape index (κ3) is 4.36. The molecule has 0 saturated heterocycles. The fourth-order valence-corrected chi connectivity index (χ4v) is 2.51. The summed E-state index contributed by atoms with van der Waals surface area (Å²) in [5.74, 6) is 1.35. The van der Waals surface area contributed by atoms with E-state index in [0.717, 1.165) is 12.1 Å². The summed E-state index contributed by atoms with van der Waals surface area (Å²) in [7, 11) is -5.61. The molecule has 0 saturated carbocycles. The van der Waals surface area contributed by atoms with Crippen LogP contribution in [0.2, 0.25) is 0 Å². The summed E-state index contributed by atoms with van der Waals surface area (Å²) in [6, 6.07) is 2.21. The molecule has 0 amide bonds. The van der Waals surface area contributed by atoms with E-state index in [9.17, 15) is 26.0 Å². The van der Waals surface area contributed by atoms with E-state index in [1.165, 1.54) is 0 Å². The van der Waals surface area contributed by atoms with Gasteiger partial charge in [-0.2, -0.15) is 13.2 Å². The van der Waals surface area contributed by atoms with Crippen LogP contribution in [0.4, 0.5) is 23.2 Å². The molecule has 21 heavy (non-hydrogen) atoms. The van der Waals surface area contributed by atoms with Gasteiger partial charge in [-0.05, 0) is 31.0 Å². The van der Waals surface area contributed by atoms with Gasteiger partial charge in [-0.25, -0.2) is 12.8 Å². The molecule has 0 aliphatic rings. The molecule has 0 radical (unpaired) electrons. The lowest BCUT2D eigenvalue weighted by Gasteiger charge is -2.14. The molecule has 3 nitrogen and oxygen atoms in total. The largest absolute Gasteiger partial charge is 0.501 e. The molecule has 1 aromatic carbocycles. The smallest absolute Gasteiger partial charge is 0.384 e. The molecule has 1 rings (SSSR count). The van der Waals surface area contributed by atoms with Crippen molar-refractivity contribution >= 4 is 15.5 Å². The number of anilines is 1. The quantitative estimate of drug-likeness (QED) is 0.496. The highest BCUT2D eigenvalue weighted by atomic mass is 32.2. The van der Waals surface area contributed by atoms with Crippen molar-refractivity contribution in [2.45, 2.75) is 29.7 Å². The normalized spacial score (nSPS) is 12.0. The van der Waals surface area contributed by atoms with Crippen LogP contribution in [-0.4, -0.2) is 20.5 Å². The van der Waals surface area contributed by atoms with E-state index in [2.05, 4.69) is 11.2 Å². The van der Waals surface area contributed by atoms with Crippen molar-refractivity contribution in [3.63, 3.8) is 0 Å². The zero-order chi connectivity index (χ0) is 16.1. The highest BCUT2D eigenvalue weighted by Crippen LogP contribution is 2.34. The summed E-state index contributed by atoms with van der Waals surface area (Å²) in [6.07, 6.45) is 6.76. The summed E-state index contributed by atoms with van der Waals surface area (Å²) in [6.45, 7) is 0.230. The van der Waals surface area contributed by atoms with Crippen LogP contribution in [0.25, 0.3) is 0 Å². The van der Waals surface area contributed by atoms with Gasteiger partial charge >= 0.3 is 5.51 Å². The second kappa shape index (κ2) is 6.80. The second-order valence-corrected chi connectivity index (χ2v) is 6.09. The number of unbranched alkanes of at least 4 members (excludes halogenated alkanes) is 2. The Morgan fingerprint density at radius 1 is 1.24 bits per heavy atom. The maximum absolute atomic E-state index is 13.1. The molecule has 0 bridgehead atoms. The highest BCUT2D eigenvalue weighted by molar-refractivity contribution is 7.92. The summed E-state index contributed by atoms with van der Waals surface area (Å²) in [5, 5.41) is 2.56. The van der Waals surface area contributed by atoms with E-state index in [-0.39, 0.29) is 12.2 Å². The van der Waals surface area contributed by atoms with Gasteiger partial charge in [0.2, 0.25) is 0 Å². The number of rotatable bonds is 6. The van der Waals surface area contributed by atoms with E-state index >= 15 is 0 Å². The van der Waals surface area contributed by atoms with Gasteiger partial charge in [0.05, 0.1) is 5.69 Å². The molecule has 0 aromatic heterocycles. The Hall–Kier alpha value is -1.75. The minimum absolute atomic E-state index is 0.230. The lowest BCUT2D eigenvalue weighted by molar-refractivity contribution is -0.0435. The van der Waals surface area contributed by atoms with Gasteiger partial charge < -0.3 is 5.32 Å². The SMILES string of the molecule is C#CCCCCNc1ccc(F)cc1S(=O)(=O)C(F)(F)F. The number of hydrogen-bond acceptors (Lipinski definition) is 3. The summed E-state index contributed by atoms with van der Waals surface area (Å²) < 4.78 is 73.6. The van der Waals surface area contributed by atoms with Crippen molar-refractivity contribution < 1.29 is 26.0 Å². The first kappa shape index (κ1) is 17.3. The first-order chi connectivity index (χ1) is 9.70. The first-order valence-electron chi connectivity index (χ1n) is 5.98. The third-order valence-corrected chi connectivity index (χ3v) is 4.13. The van der Waals surface area contributed by atoms with Crippen LogP contribution in [0.3, 0.4) is 0 Å². The molecule has 8 heteroatoms.